The number of carbonyl (C=O) groups is 2. The Balaban J connectivity index is 0. The number of carbonyl (C=O) groups excluding carboxylic acids is 1. The van der Waals surface area contributed by atoms with Crippen LogP contribution in [0.4, 0.5) is 0 Å². The Hall–Kier alpha value is -0.641. The molecule has 0 saturated heterocycles. The first kappa shape index (κ1) is 37.5. The van der Waals surface area contributed by atoms with Gasteiger partial charge in [0.1, 0.15) is 0 Å². The van der Waals surface area contributed by atoms with E-state index in [1.807, 2.05) is 24.3 Å². The number of carboxylic acid groups (broad SMARTS) is 2. The third-order valence-corrected chi connectivity index (χ3v) is 10.9. The van der Waals surface area contributed by atoms with Crippen LogP contribution in [0.15, 0.2) is 32.4 Å². The number of hydrogen-bond acceptors (Lipinski definition) is 4. The molecule has 0 aliphatic carbocycles. The van der Waals surface area contributed by atoms with Gasteiger partial charge in [-0.2, -0.15) is 0 Å². The number of hydrogen-bond donors (Lipinski definition) is 4. The van der Waals surface area contributed by atoms with Crippen molar-refractivity contribution in [1.82, 2.24) is 0 Å². The molecular formula is C27H50N3O4Te2+. The van der Waals surface area contributed by atoms with Crippen molar-refractivity contribution in [2.24, 2.45) is 11.7 Å². The van der Waals surface area contributed by atoms with Crippen molar-refractivity contribution in [2.75, 3.05) is 39.3 Å². The van der Waals surface area contributed by atoms with Gasteiger partial charge in [0.25, 0.3) is 0 Å². The zero-order valence-electron chi connectivity index (χ0n) is 23.3. The van der Waals surface area contributed by atoms with Gasteiger partial charge in [-0.3, -0.25) is 0 Å². The van der Waals surface area contributed by atoms with Crippen LogP contribution in [0.2, 0.25) is 0 Å². The number of rotatable bonds is 12. The van der Waals surface area contributed by atoms with Crippen molar-refractivity contribution >= 4 is 52.8 Å². The molecule has 2 heterocycles. The first-order valence-electron chi connectivity index (χ1n) is 13.0. The van der Waals surface area contributed by atoms with E-state index in [2.05, 4.69) is 49.7 Å². The van der Waals surface area contributed by atoms with Gasteiger partial charge in [-0.05, 0) is 41.5 Å². The van der Waals surface area contributed by atoms with E-state index >= 15 is 0 Å². The van der Waals surface area contributed by atoms with Crippen molar-refractivity contribution in [3.63, 3.8) is 0 Å². The van der Waals surface area contributed by atoms with E-state index in [1.165, 1.54) is 46.4 Å². The van der Waals surface area contributed by atoms with Gasteiger partial charge in [0, 0.05) is 0 Å². The summed E-state index contributed by atoms with van der Waals surface area (Å²) in [5, 5.41) is 18.8. The summed E-state index contributed by atoms with van der Waals surface area (Å²) in [5.74, 6) is -2.18. The summed E-state index contributed by atoms with van der Waals surface area (Å²) >= 11 is -0.364. The molecule has 0 saturated carbocycles. The fourth-order valence-corrected chi connectivity index (χ4v) is 7.61. The Morgan fingerprint density at radius 3 is 1.42 bits per heavy atom. The number of nitrogens with one attached hydrogen (secondary N) is 2. The van der Waals surface area contributed by atoms with E-state index in [-0.39, 0.29) is 46.8 Å². The normalized spacial score (nSPS) is 11.8. The topological polar surface area (TPSA) is 112 Å². The minimum atomic E-state index is -0.940. The molecular weight excluding hydrogens is 686 g/mol. The van der Waals surface area contributed by atoms with Crippen molar-refractivity contribution in [3.8, 4) is 0 Å². The zero-order valence-corrected chi connectivity index (χ0v) is 28.0. The van der Waals surface area contributed by atoms with E-state index in [9.17, 15) is 14.7 Å². The summed E-state index contributed by atoms with van der Waals surface area (Å²) in [6.07, 6.45) is 1.20. The molecule has 2 aromatic rings. The van der Waals surface area contributed by atoms with Gasteiger partial charge in [0.05, 0.1) is 39.3 Å². The van der Waals surface area contributed by atoms with E-state index in [0.29, 0.717) is 12.8 Å². The maximum absolute atomic E-state index is 10.3. The summed E-state index contributed by atoms with van der Waals surface area (Å²) in [5.41, 5.74) is 5.35. The van der Waals surface area contributed by atoms with E-state index in [4.69, 9.17) is 10.8 Å². The number of aliphatic carboxylic acids is 2. The average molecular weight is 736 g/mol. The molecule has 0 aliphatic rings. The van der Waals surface area contributed by atoms with E-state index < -0.39 is 18.0 Å². The molecule has 36 heavy (non-hydrogen) atoms. The second-order valence-electron chi connectivity index (χ2n) is 8.35. The number of quaternary nitrogens is 2. The predicted molar refractivity (Wildman–Crippen MR) is 149 cm³/mol. The third kappa shape index (κ3) is 20.4. The molecule has 0 fully saturated rings. The summed E-state index contributed by atoms with van der Waals surface area (Å²) < 4.78 is 6.81. The van der Waals surface area contributed by atoms with Gasteiger partial charge in [-0.1, -0.05) is 0 Å². The van der Waals surface area contributed by atoms with Gasteiger partial charge in [-0.25, -0.2) is 0 Å². The molecule has 0 spiro atoms. The Morgan fingerprint density at radius 2 is 1.19 bits per heavy atom. The van der Waals surface area contributed by atoms with Crippen molar-refractivity contribution in [2.45, 2.75) is 67.3 Å². The zero-order chi connectivity index (χ0) is 27.9. The van der Waals surface area contributed by atoms with Crippen molar-refractivity contribution in [1.29, 1.82) is 0 Å². The predicted octanol–water partition coefficient (Wildman–Crippen LogP) is -0.768. The van der Waals surface area contributed by atoms with Crippen LogP contribution in [0, 0.1) is 5.92 Å². The molecule has 0 aromatic carbocycles. The van der Waals surface area contributed by atoms with Crippen LogP contribution < -0.4 is 20.6 Å². The van der Waals surface area contributed by atoms with Gasteiger partial charge in [0.2, 0.25) is 0 Å². The van der Waals surface area contributed by atoms with Crippen LogP contribution in [0.3, 0.4) is 0 Å². The summed E-state index contributed by atoms with van der Waals surface area (Å²) in [4.78, 5) is 24.0. The molecule has 0 unspecified atom stereocenters. The second-order valence-corrected chi connectivity index (χ2v) is 14.2. The van der Waals surface area contributed by atoms with Crippen LogP contribution in [-0.2, 0) is 22.4 Å². The van der Waals surface area contributed by atoms with Gasteiger partial charge in [-0.15, -0.1) is 0 Å². The molecule has 0 radical (unpaired) electrons. The van der Waals surface area contributed by atoms with Crippen LogP contribution in [0.5, 0.6) is 0 Å². The molecule has 2 atom stereocenters. The second kappa shape index (κ2) is 24.7. The van der Waals surface area contributed by atoms with E-state index in [1.54, 1.807) is 16.7 Å². The summed E-state index contributed by atoms with van der Waals surface area (Å²) in [6, 6.07) is 7.28. The number of carboxylic acids is 2. The molecule has 7 nitrogen and oxygen atoms in total. The molecule has 9 heteroatoms. The third-order valence-electron chi connectivity index (χ3n) is 5.81. The first-order valence-corrected chi connectivity index (χ1v) is 18.0. The fraction of sp³-hybridized carbons (Fsp3) is 0.630. The van der Waals surface area contributed by atoms with Crippen LogP contribution >= 0.6 is 0 Å². The number of nitrogens with two attached hydrogens (primary N) is 1. The molecule has 0 aliphatic heterocycles. The van der Waals surface area contributed by atoms with Crippen molar-refractivity contribution in [3.05, 3.63) is 39.6 Å². The molecule has 0 amide bonds. The maximum atomic E-state index is 10.3. The molecule has 208 valence electrons. The fourth-order valence-electron chi connectivity index (χ4n) is 3.05. The standard InChI is InChI=1S/C8H10O2Te.C7H9NO2Te.2C6H15N/c1-6(8(9)10)5-7-3-2-4-11-7;8-6(7(9)10)4-5-2-1-3-11-5;2*1-4-7(5-2)6-3/h2-4,6H,5H2,1H3,(H,9,10);1-3,6H,4,8H2,(H,9,10);2*4-6H2,1-3H3/p+1/t2*6-;;/m00../s1. The molecule has 0 bridgehead atoms. The molecule has 5 N–H and O–H groups in total. The first-order chi connectivity index (χ1) is 17.1. The van der Waals surface area contributed by atoms with Gasteiger partial charge in [0.15, 0.2) is 0 Å². The molecule has 2 aromatic heterocycles. The average Bonchev–Trinajstić information content (AvgIpc) is 3.57. The van der Waals surface area contributed by atoms with Crippen LogP contribution in [0.1, 0.15) is 55.6 Å². The van der Waals surface area contributed by atoms with Crippen molar-refractivity contribution < 1.29 is 29.6 Å². The molecule has 2 rings (SSSR count). The van der Waals surface area contributed by atoms with Gasteiger partial charge >= 0.3 is 150 Å². The SMILES string of the molecule is CC[NH+](CC)CC.CC[NH+](CC)CC.C[C@@H](Cc1ccc[te]1)C(=O)[O-].N[C@@H](Cc1ccc[te]1)C(=O)O. The Morgan fingerprint density at radius 1 is 0.833 bits per heavy atom. The van der Waals surface area contributed by atoms with Gasteiger partial charge < -0.3 is 9.80 Å². The quantitative estimate of drug-likeness (QED) is 0.214. The Bertz CT molecular complexity index is 672. The van der Waals surface area contributed by atoms with Crippen LogP contribution in [0.25, 0.3) is 0 Å². The van der Waals surface area contributed by atoms with E-state index in [0.717, 1.165) is 0 Å². The Labute approximate surface area is 238 Å². The summed E-state index contributed by atoms with van der Waals surface area (Å²) in [7, 11) is 0. The van der Waals surface area contributed by atoms with Crippen LogP contribution in [-0.4, -0.2) is 103 Å². The Kier molecular flexibility index (Phi) is 25.7. The minimum absolute atomic E-state index is 0.156. The monoisotopic (exact) mass is 740 g/mol. The summed E-state index contributed by atoms with van der Waals surface area (Å²) in [6.45, 7) is 22.7.